The molecule has 0 unspecified atom stereocenters. The summed E-state index contributed by atoms with van der Waals surface area (Å²) < 4.78 is 0. The zero-order valence-corrected chi connectivity index (χ0v) is 21.4. The molecule has 5 N–H and O–H groups in total. The molecular weight excluding hydrogens is 484 g/mol. The number of hydrogen-bond donors (Lipinski definition) is 5. The lowest BCUT2D eigenvalue weighted by Gasteiger charge is -2.24. The maximum absolute atomic E-state index is 13.2. The molecule has 196 valence electrons. The normalized spacial score (nSPS) is 12.6. The van der Waals surface area contributed by atoms with Crippen LogP contribution in [0.25, 0.3) is 6.08 Å². The Morgan fingerprint density at radius 2 is 1.66 bits per heavy atom. The highest BCUT2D eigenvalue weighted by molar-refractivity contribution is 6.05. The van der Waals surface area contributed by atoms with Gasteiger partial charge in [0.2, 0.25) is 17.7 Å². The molecule has 0 radical (unpaired) electrons. The number of hydrogen-bond acceptors (Lipinski definition) is 6. The van der Waals surface area contributed by atoms with Gasteiger partial charge >= 0.3 is 0 Å². The number of benzene rings is 2. The van der Waals surface area contributed by atoms with Crippen LogP contribution in [0.3, 0.4) is 0 Å². The van der Waals surface area contributed by atoms with Gasteiger partial charge in [-0.3, -0.25) is 19.4 Å². The molecule has 0 fully saturated rings. The van der Waals surface area contributed by atoms with Gasteiger partial charge in [-0.1, -0.05) is 56.3 Å². The topological polar surface area (TPSA) is 155 Å². The van der Waals surface area contributed by atoms with Crippen molar-refractivity contribution in [3.05, 3.63) is 88.5 Å². The van der Waals surface area contributed by atoms with E-state index in [0.29, 0.717) is 11.1 Å². The average molecular weight is 515 g/mol. The molecule has 0 aliphatic carbocycles. The number of rotatable bonds is 10. The van der Waals surface area contributed by atoms with Gasteiger partial charge < -0.3 is 20.8 Å². The molecule has 0 saturated heterocycles. The SMILES string of the molecule is Cc1c(O)[nH]c(O)c1C(=O)[C@@H](NC(=O)C[C@H](NC(=O)C=Cc1ccc(C#N)cc1)c1ccccc1)C(C)C. The average Bonchev–Trinajstić information content (AvgIpc) is 3.16. The maximum atomic E-state index is 13.2. The van der Waals surface area contributed by atoms with E-state index >= 15 is 0 Å². The number of nitriles is 1. The molecule has 2 amide bonds. The first kappa shape index (κ1) is 27.7. The second kappa shape index (κ2) is 12.4. The Hall–Kier alpha value is -4.84. The third-order valence-corrected chi connectivity index (χ3v) is 6.09. The van der Waals surface area contributed by atoms with Crippen LogP contribution in [0, 0.1) is 24.2 Å². The summed E-state index contributed by atoms with van der Waals surface area (Å²) in [5.41, 5.74) is 2.07. The van der Waals surface area contributed by atoms with Crippen molar-refractivity contribution < 1.29 is 24.6 Å². The van der Waals surface area contributed by atoms with Crippen molar-refractivity contribution in [2.45, 2.75) is 39.3 Å². The van der Waals surface area contributed by atoms with Crippen LogP contribution in [0.2, 0.25) is 0 Å². The number of carbonyl (C=O) groups excluding carboxylic acids is 3. The fraction of sp³-hybridized carbons (Fsp3) is 0.241. The van der Waals surface area contributed by atoms with E-state index in [1.807, 2.05) is 12.1 Å². The van der Waals surface area contributed by atoms with E-state index in [4.69, 9.17) is 5.26 Å². The van der Waals surface area contributed by atoms with E-state index in [0.717, 1.165) is 5.56 Å². The van der Waals surface area contributed by atoms with Gasteiger partial charge in [-0.2, -0.15) is 5.26 Å². The summed E-state index contributed by atoms with van der Waals surface area (Å²) in [6.45, 7) is 5.00. The number of ketones is 1. The van der Waals surface area contributed by atoms with E-state index in [1.165, 1.54) is 13.0 Å². The number of Topliss-reactive ketones (excluding diaryl/α,β-unsaturated/α-hetero) is 1. The highest BCUT2D eigenvalue weighted by Gasteiger charge is 2.31. The molecule has 0 spiro atoms. The molecule has 9 nitrogen and oxygen atoms in total. The molecular formula is C29H30N4O5. The molecule has 3 rings (SSSR count). The second-order valence-electron chi connectivity index (χ2n) is 9.22. The van der Waals surface area contributed by atoms with Gasteiger partial charge in [0.05, 0.1) is 35.7 Å². The third-order valence-electron chi connectivity index (χ3n) is 6.09. The van der Waals surface area contributed by atoms with Gasteiger partial charge in [0, 0.05) is 11.6 Å². The minimum atomic E-state index is -0.967. The van der Waals surface area contributed by atoms with Gasteiger partial charge in [-0.25, -0.2) is 0 Å². The highest BCUT2D eigenvalue weighted by atomic mass is 16.3. The molecule has 0 bridgehead atoms. The number of nitrogens with zero attached hydrogens (tertiary/aromatic N) is 1. The van der Waals surface area contributed by atoms with Crippen LogP contribution in [0.15, 0.2) is 60.7 Å². The van der Waals surface area contributed by atoms with Crippen LogP contribution in [0.4, 0.5) is 0 Å². The van der Waals surface area contributed by atoms with E-state index in [-0.39, 0.29) is 29.3 Å². The number of carbonyl (C=O) groups is 3. The number of aromatic amines is 1. The Kier molecular flexibility index (Phi) is 9.06. The fourth-order valence-corrected chi connectivity index (χ4v) is 3.97. The first-order valence-corrected chi connectivity index (χ1v) is 12.1. The molecule has 2 aromatic carbocycles. The maximum Gasteiger partial charge on any atom is 0.244 e. The van der Waals surface area contributed by atoms with E-state index in [9.17, 15) is 24.6 Å². The number of H-pyrrole nitrogens is 1. The van der Waals surface area contributed by atoms with Gasteiger partial charge in [0.1, 0.15) is 0 Å². The predicted molar refractivity (Wildman–Crippen MR) is 142 cm³/mol. The van der Waals surface area contributed by atoms with Gasteiger partial charge in [-0.15, -0.1) is 0 Å². The lowest BCUT2D eigenvalue weighted by molar-refractivity contribution is -0.123. The van der Waals surface area contributed by atoms with Crippen LogP contribution in [-0.2, 0) is 9.59 Å². The van der Waals surface area contributed by atoms with Crippen molar-refractivity contribution in [3.63, 3.8) is 0 Å². The summed E-state index contributed by atoms with van der Waals surface area (Å²) in [6, 6.07) is 16.1. The van der Waals surface area contributed by atoms with Gasteiger partial charge in [0.25, 0.3) is 0 Å². The Bertz CT molecular complexity index is 1370. The molecule has 0 saturated carbocycles. The van der Waals surface area contributed by atoms with E-state index in [1.54, 1.807) is 68.5 Å². The van der Waals surface area contributed by atoms with Crippen molar-refractivity contribution in [3.8, 4) is 17.8 Å². The molecule has 9 heteroatoms. The van der Waals surface area contributed by atoms with Crippen molar-refractivity contribution in [1.82, 2.24) is 15.6 Å². The smallest absolute Gasteiger partial charge is 0.244 e. The summed E-state index contributed by atoms with van der Waals surface area (Å²) in [5.74, 6) is -2.53. The summed E-state index contributed by atoms with van der Waals surface area (Å²) in [6.07, 6.45) is 2.81. The zero-order chi connectivity index (χ0) is 27.8. The van der Waals surface area contributed by atoms with Crippen LogP contribution >= 0.6 is 0 Å². The number of aromatic nitrogens is 1. The lowest BCUT2D eigenvalue weighted by Crippen LogP contribution is -2.45. The lowest BCUT2D eigenvalue weighted by atomic mass is 9.93. The first-order chi connectivity index (χ1) is 18.1. The van der Waals surface area contributed by atoms with E-state index < -0.39 is 35.6 Å². The monoisotopic (exact) mass is 514 g/mol. The molecule has 1 heterocycles. The Labute approximate surface area is 220 Å². The molecule has 2 atom stereocenters. The standard InChI is InChI=1S/C29H30N4O5/c1-17(2)26(27(36)25-18(3)28(37)33-29(25)38)32-24(35)15-22(21-7-5-4-6-8-21)31-23(34)14-13-19-9-11-20(16-30)12-10-19/h4-14,17,22,26,33,37-38H,15H2,1-3H3,(H,31,34)(H,32,35)/t22-,26-/m0/s1. The molecule has 38 heavy (non-hydrogen) atoms. The van der Waals surface area contributed by atoms with E-state index in [2.05, 4.69) is 15.6 Å². The quantitative estimate of drug-likeness (QED) is 0.204. The Morgan fingerprint density at radius 3 is 2.21 bits per heavy atom. The van der Waals surface area contributed by atoms with Crippen LogP contribution in [-0.4, -0.2) is 38.8 Å². The Morgan fingerprint density at radius 1 is 1.00 bits per heavy atom. The summed E-state index contributed by atoms with van der Waals surface area (Å²) in [7, 11) is 0. The van der Waals surface area contributed by atoms with Crippen LogP contribution in [0.5, 0.6) is 11.8 Å². The largest absolute Gasteiger partial charge is 0.494 e. The number of nitrogens with one attached hydrogen (secondary N) is 3. The van der Waals surface area contributed by atoms with Crippen LogP contribution < -0.4 is 10.6 Å². The predicted octanol–water partition coefficient (Wildman–Crippen LogP) is 3.89. The number of aromatic hydroxyl groups is 2. The minimum absolute atomic E-state index is 0.0812. The van der Waals surface area contributed by atoms with Gasteiger partial charge in [-0.05, 0) is 42.2 Å². The highest BCUT2D eigenvalue weighted by Crippen LogP contribution is 2.30. The fourth-order valence-electron chi connectivity index (χ4n) is 3.97. The summed E-state index contributed by atoms with van der Waals surface area (Å²) in [5, 5.41) is 34.4. The minimum Gasteiger partial charge on any atom is -0.494 e. The third kappa shape index (κ3) is 6.89. The molecule has 0 aliphatic rings. The number of amides is 2. The van der Waals surface area contributed by atoms with Gasteiger partial charge in [0.15, 0.2) is 11.7 Å². The summed E-state index contributed by atoms with van der Waals surface area (Å²) >= 11 is 0. The van der Waals surface area contributed by atoms with Crippen molar-refractivity contribution >= 4 is 23.7 Å². The van der Waals surface area contributed by atoms with Crippen molar-refractivity contribution in [2.24, 2.45) is 5.92 Å². The zero-order valence-electron chi connectivity index (χ0n) is 21.4. The van der Waals surface area contributed by atoms with Crippen molar-refractivity contribution in [2.75, 3.05) is 0 Å². The molecule has 3 aromatic rings. The Balaban J connectivity index is 1.75. The first-order valence-electron chi connectivity index (χ1n) is 12.1. The van der Waals surface area contributed by atoms with Crippen LogP contribution in [0.1, 0.15) is 58.9 Å². The molecule has 1 aromatic heterocycles. The second-order valence-corrected chi connectivity index (χ2v) is 9.22. The summed E-state index contributed by atoms with van der Waals surface area (Å²) in [4.78, 5) is 41.3. The van der Waals surface area contributed by atoms with Crippen molar-refractivity contribution in [1.29, 1.82) is 5.26 Å². The molecule has 0 aliphatic heterocycles.